The Bertz CT molecular complexity index is 654. The van der Waals surface area contributed by atoms with Crippen LogP contribution in [0.25, 0.3) is 0 Å². The fourth-order valence-electron chi connectivity index (χ4n) is 3.10. The molecule has 0 radical (unpaired) electrons. The third-order valence-corrected chi connectivity index (χ3v) is 5.05. The van der Waals surface area contributed by atoms with E-state index in [1.807, 2.05) is 21.9 Å². The predicted octanol–water partition coefficient (Wildman–Crippen LogP) is 2.74. The molecule has 7 heteroatoms. The number of H-pyrrole nitrogens is 1. The van der Waals surface area contributed by atoms with Gasteiger partial charge in [0.2, 0.25) is 5.91 Å². The van der Waals surface area contributed by atoms with Gasteiger partial charge in [-0.3, -0.25) is 14.7 Å². The summed E-state index contributed by atoms with van der Waals surface area (Å²) in [7, 11) is 0. The highest BCUT2D eigenvalue weighted by molar-refractivity contribution is 7.08. The second-order valence-corrected chi connectivity index (χ2v) is 6.78. The van der Waals surface area contributed by atoms with E-state index in [1.165, 1.54) is 11.3 Å². The third-order valence-electron chi connectivity index (χ3n) is 4.36. The van der Waals surface area contributed by atoms with Crippen molar-refractivity contribution in [3.05, 3.63) is 40.3 Å². The number of aromatic nitrogens is 2. The predicted molar refractivity (Wildman–Crippen MR) is 92.8 cm³/mol. The number of thiophene rings is 1. The van der Waals surface area contributed by atoms with E-state index in [1.54, 1.807) is 12.3 Å². The summed E-state index contributed by atoms with van der Waals surface area (Å²) >= 11 is 1.50. The van der Waals surface area contributed by atoms with Gasteiger partial charge in [0.1, 0.15) is 0 Å². The van der Waals surface area contributed by atoms with Crippen LogP contribution in [0, 0.1) is 0 Å². The van der Waals surface area contributed by atoms with Crippen LogP contribution in [0.3, 0.4) is 0 Å². The highest BCUT2D eigenvalue weighted by Gasteiger charge is 2.28. The number of nitrogens with zero attached hydrogens (tertiary/aromatic N) is 2. The highest BCUT2D eigenvalue weighted by atomic mass is 32.1. The Balaban J connectivity index is 1.46. The van der Waals surface area contributed by atoms with E-state index in [9.17, 15) is 9.59 Å². The minimum atomic E-state index is -0.0713. The minimum Gasteiger partial charge on any atom is -0.352 e. The normalized spacial score (nSPS) is 17.7. The van der Waals surface area contributed by atoms with Crippen molar-refractivity contribution >= 4 is 23.2 Å². The molecule has 3 rings (SSSR count). The molecule has 1 saturated heterocycles. The second kappa shape index (κ2) is 8.10. The van der Waals surface area contributed by atoms with Gasteiger partial charge in [-0.1, -0.05) is 0 Å². The topological polar surface area (TPSA) is 78.1 Å². The summed E-state index contributed by atoms with van der Waals surface area (Å²) in [5.41, 5.74) is 1.76. The van der Waals surface area contributed by atoms with Crippen LogP contribution in [0.15, 0.2) is 29.2 Å². The molecule has 0 unspecified atom stereocenters. The number of amides is 2. The summed E-state index contributed by atoms with van der Waals surface area (Å²) in [5.74, 6) is 0.0867. The minimum absolute atomic E-state index is 0.0713. The lowest BCUT2D eigenvalue weighted by atomic mass is 9.97. The smallest absolute Gasteiger partial charge is 0.252 e. The number of rotatable bonds is 6. The average molecular weight is 346 g/mol. The van der Waals surface area contributed by atoms with Crippen molar-refractivity contribution in [1.29, 1.82) is 0 Å². The van der Waals surface area contributed by atoms with Crippen molar-refractivity contribution in [2.24, 2.45) is 0 Å². The molecule has 1 fully saturated rings. The molecule has 1 aliphatic heterocycles. The first-order valence-electron chi connectivity index (χ1n) is 8.34. The lowest BCUT2D eigenvalue weighted by Gasteiger charge is -2.35. The molecular weight excluding hydrogens is 324 g/mol. The van der Waals surface area contributed by atoms with Crippen molar-refractivity contribution in [3.63, 3.8) is 0 Å². The van der Waals surface area contributed by atoms with Crippen molar-refractivity contribution < 1.29 is 9.59 Å². The van der Waals surface area contributed by atoms with E-state index in [0.29, 0.717) is 24.9 Å². The monoisotopic (exact) mass is 346 g/mol. The molecule has 1 atom stereocenters. The first-order valence-corrected chi connectivity index (χ1v) is 9.28. The van der Waals surface area contributed by atoms with Gasteiger partial charge in [0, 0.05) is 42.2 Å². The largest absolute Gasteiger partial charge is 0.352 e. The molecule has 0 saturated carbocycles. The number of carbonyl (C=O) groups excluding carboxylic acids is 2. The Morgan fingerprint density at radius 1 is 1.42 bits per heavy atom. The maximum Gasteiger partial charge on any atom is 0.252 e. The number of aromatic amines is 1. The summed E-state index contributed by atoms with van der Waals surface area (Å²) in [6, 6.07) is 1.93. The van der Waals surface area contributed by atoms with Gasteiger partial charge in [-0.2, -0.15) is 16.4 Å². The summed E-state index contributed by atoms with van der Waals surface area (Å²) in [6.45, 7) is 1.32. The SMILES string of the molecule is O=C(NCCCC(=O)N1CCCC[C@H]1c1cn[nH]c1)c1ccsc1. The van der Waals surface area contributed by atoms with Crippen LogP contribution < -0.4 is 5.32 Å². The Labute approximate surface area is 145 Å². The van der Waals surface area contributed by atoms with E-state index >= 15 is 0 Å². The Morgan fingerprint density at radius 2 is 2.33 bits per heavy atom. The summed E-state index contributed by atoms with van der Waals surface area (Å²) < 4.78 is 0. The van der Waals surface area contributed by atoms with Crippen molar-refractivity contribution in [1.82, 2.24) is 20.4 Å². The fourth-order valence-corrected chi connectivity index (χ4v) is 3.74. The van der Waals surface area contributed by atoms with E-state index in [0.717, 1.165) is 31.4 Å². The van der Waals surface area contributed by atoms with E-state index in [4.69, 9.17) is 0 Å². The van der Waals surface area contributed by atoms with Gasteiger partial charge < -0.3 is 10.2 Å². The Kier molecular flexibility index (Phi) is 5.63. The van der Waals surface area contributed by atoms with Crippen LogP contribution >= 0.6 is 11.3 Å². The van der Waals surface area contributed by atoms with Gasteiger partial charge in [0.05, 0.1) is 12.2 Å². The molecule has 2 aromatic heterocycles. The fraction of sp³-hybridized carbons (Fsp3) is 0.471. The molecular formula is C17H22N4O2S. The van der Waals surface area contributed by atoms with Crippen LogP contribution in [0.1, 0.15) is 54.1 Å². The van der Waals surface area contributed by atoms with Crippen molar-refractivity contribution in [2.45, 2.75) is 38.1 Å². The number of carbonyl (C=O) groups is 2. The van der Waals surface area contributed by atoms with Crippen LogP contribution in [-0.4, -0.2) is 40.0 Å². The maximum atomic E-state index is 12.6. The standard InChI is InChI=1S/C17H22N4O2S/c22-16(5-3-7-18-17(23)13-6-9-24-12-13)21-8-2-1-4-15(21)14-10-19-20-11-14/h6,9-12,15H,1-5,7-8H2,(H,18,23)(H,19,20)/t15-/m0/s1. The van der Waals surface area contributed by atoms with E-state index < -0.39 is 0 Å². The second-order valence-electron chi connectivity index (χ2n) is 6.00. The van der Waals surface area contributed by atoms with Gasteiger partial charge in [-0.25, -0.2) is 0 Å². The zero-order valence-electron chi connectivity index (χ0n) is 13.5. The quantitative estimate of drug-likeness (QED) is 0.790. The molecule has 24 heavy (non-hydrogen) atoms. The van der Waals surface area contributed by atoms with Crippen LogP contribution in [0.4, 0.5) is 0 Å². The highest BCUT2D eigenvalue weighted by Crippen LogP contribution is 2.30. The van der Waals surface area contributed by atoms with Gasteiger partial charge in [-0.15, -0.1) is 0 Å². The molecule has 0 aliphatic carbocycles. The Hall–Kier alpha value is -2.15. The molecule has 1 aliphatic rings. The Morgan fingerprint density at radius 3 is 3.08 bits per heavy atom. The number of nitrogens with one attached hydrogen (secondary N) is 2. The van der Waals surface area contributed by atoms with Gasteiger partial charge in [-0.05, 0) is 37.1 Å². The molecule has 0 aromatic carbocycles. The summed E-state index contributed by atoms with van der Waals surface area (Å²) in [4.78, 5) is 26.4. The zero-order chi connectivity index (χ0) is 16.8. The first-order chi connectivity index (χ1) is 11.8. The number of piperidine rings is 1. The van der Waals surface area contributed by atoms with Crippen LogP contribution in [0.5, 0.6) is 0 Å². The first kappa shape index (κ1) is 16.7. The van der Waals surface area contributed by atoms with Crippen molar-refractivity contribution in [2.75, 3.05) is 13.1 Å². The van der Waals surface area contributed by atoms with Gasteiger partial charge >= 0.3 is 0 Å². The molecule has 3 heterocycles. The molecule has 2 aromatic rings. The van der Waals surface area contributed by atoms with E-state index in [2.05, 4.69) is 15.5 Å². The molecule has 2 N–H and O–H groups in total. The van der Waals surface area contributed by atoms with E-state index in [-0.39, 0.29) is 17.9 Å². The summed E-state index contributed by atoms with van der Waals surface area (Å²) in [5, 5.41) is 13.4. The molecule has 0 bridgehead atoms. The van der Waals surface area contributed by atoms with Gasteiger partial charge in [0.25, 0.3) is 5.91 Å². The lowest BCUT2D eigenvalue weighted by molar-refractivity contribution is -0.135. The molecule has 128 valence electrons. The van der Waals surface area contributed by atoms with Gasteiger partial charge in [0.15, 0.2) is 0 Å². The number of hydrogen-bond acceptors (Lipinski definition) is 4. The number of likely N-dealkylation sites (tertiary alicyclic amines) is 1. The molecule has 6 nitrogen and oxygen atoms in total. The van der Waals surface area contributed by atoms with Crippen LogP contribution in [-0.2, 0) is 4.79 Å². The van der Waals surface area contributed by atoms with Crippen molar-refractivity contribution in [3.8, 4) is 0 Å². The molecule has 0 spiro atoms. The van der Waals surface area contributed by atoms with Crippen LogP contribution in [0.2, 0.25) is 0 Å². The molecule has 2 amide bonds. The lowest BCUT2D eigenvalue weighted by Crippen LogP contribution is -2.38. The maximum absolute atomic E-state index is 12.6. The average Bonchev–Trinajstić information content (AvgIpc) is 3.32. The number of hydrogen-bond donors (Lipinski definition) is 2. The third kappa shape index (κ3) is 4.03. The summed E-state index contributed by atoms with van der Waals surface area (Å²) in [6.07, 6.45) is 7.96. The zero-order valence-corrected chi connectivity index (χ0v) is 14.3.